The molecule has 0 aliphatic heterocycles. The van der Waals surface area contributed by atoms with E-state index in [9.17, 15) is 9.59 Å². The van der Waals surface area contributed by atoms with Crippen LogP contribution in [0, 0.1) is 6.92 Å². The Bertz CT molecular complexity index is 1650. The van der Waals surface area contributed by atoms with Crippen molar-refractivity contribution >= 4 is 11.8 Å². The number of nitrogens with zero attached hydrogens (tertiary/aromatic N) is 2. The van der Waals surface area contributed by atoms with Crippen LogP contribution in [0.25, 0.3) is 22.5 Å². The standard InChI is InChI=1S/C30H26N4O5/c1-19-25(31-28(35)37-18-15-20-5-3-2-4-6-20)26(38-33-19)23-9-7-21(8-10-23)22-11-13-24(14-12-22)30(16-17-30)27-32-29(36)39-34-27/h2-14H,15-18H2,1H3,(H,31,35)(H,32,34,36). The number of aromatic amines is 1. The molecular weight excluding hydrogens is 496 g/mol. The minimum Gasteiger partial charge on any atom is -0.449 e. The number of amides is 1. The molecule has 1 aliphatic rings. The molecule has 39 heavy (non-hydrogen) atoms. The average molecular weight is 523 g/mol. The van der Waals surface area contributed by atoms with Crippen LogP contribution in [0.1, 0.15) is 35.5 Å². The van der Waals surface area contributed by atoms with Crippen LogP contribution in [0.2, 0.25) is 0 Å². The normalized spacial score (nSPS) is 13.7. The first-order chi connectivity index (χ1) is 19.0. The summed E-state index contributed by atoms with van der Waals surface area (Å²) in [6, 6.07) is 25.9. The number of ether oxygens (including phenoxy) is 1. The highest BCUT2D eigenvalue weighted by Crippen LogP contribution is 2.52. The number of nitrogens with one attached hydrogen (secondary N) is 2. The maximum absolute atomic E-state index is 12.4. The summed E-state index contributed by atoms with van der Waals surface area (Å²) < 4.78 is 15.6. The van der Waals surface area contributed by atoms with Crippen LogP contribution >= 0.6 is 0 Å². The molecule has 5 aromatic rings. The zero-order valence-corrected chi connectivity index (χ0v) is 21.3. The number of aromatic nitrogens is 3. The fourth-order valence-electron chi connectivity index (χ4n) is 4.78. The van der Waals surface area contributed by atoms with Gasteiger partial charge < -0.3 is 9.26 Å². The van der Waals surface area contributed by atoms with E-state index in [1.165, 1.54) is 0 Å². The molecule has 2 heterocycles. The zero-order chi connectivity index (χ0) is 26.8. The van der Waals surface area contributed by atoms with Gasteiger partial charge in [0.05, 0.1) is 12.0 Å². The second-order valence-electron chi connectivity index (χ2n) is 9.65. The Morgan fingerprint density at radius 1 is 0.923 bits per heavy atom. The average Bonchev–Trinajstić information content (AvgIpc) is 3.54. The molecular formula is C30H26N4O5. The van der Waals surface area contributed by atoms with E-state index >= 15 is 0 Å². The molecule has 2 N–H and O–H groups in total. The van der Waals surface area contributed by atoms with Crippen molar-refractivity contribution in [3.8, 4) is 22.5 Å². The summed E-state index contributed by atoms with van der Waals surface area (Å²) in [6.45, 7) is 2.03. The van der Waals surface area contributed by atoms with Crippen molar-refractivity contribution in [1.82, 2.24) is 15.3 Å². The minimum absolute atomic E-state index is 0.265. The number of H-pyrrole nitrogens is 1. The molecule has 1 amide bonds. The van der Waals surface area contributed by atoms with Crippen molar-refractivity contribution in [3.05, 3.63) is 112 Å². The van der Waals surface area contributed by atoms with E-state index in [0.717, 1.165) is 40.7 Å². The van der Waals surface area contributed by atoms with Gasteiger partial charge in [-0.05, 0) is 42.0 Å². The Morgan fingerprint density at radius 3 is 2.23 bits per heavy atom. The predicted octanol–water partition coefficient (Wildman–Crippen LogP) is 5.86. The van der Waals surface area contributed by atoms with Crippen LogP contribution in [0.15, 0.2) is 92.7 Å². The lowest BCUT2D eigenvalue weighted by Gasteiger charge is -2.12. The van der Waals surface area contributed by atoms with Crippen molar-refractivity contribution in [2.24, 2.45) is 0 Å². The van der Waals surface area contributed by atoms with E-state index in [4.69, 9.17) is 13.8 Å². The van der Waals surface area contributed by atoms with Crippen molar-refractivity contribution in [3.63, 3.8) is 0 Å². The van der Waals surface area contributed by atoms with Crippen LogP contribution in [0.5, 0.6) is 0 Å². The van der Waals surface area contributed by atoms with Gasteiger partial charge in [0.1, 0.15) is 11.4 Å². The first-order valence-corrected chi connectivity index (χ1v) is 12.7. The fourth-order valence-corrected chi connectivity index (χ4v) is 4.78. The number of benzene rings is 3. The van der Waals surface area contributed by atoms with Crippen molar-refractivity contribution in [2.75, 3.05) is 11.9 Å². The maximum Gasteiger partial charge on any atom is 0.438 e. The summed E-state index contributed by atoms with van der Waals surface area (Å²) in [5.74, 6) is 0.511. The number of rotatable bonds is 8. The van der Waals surface area contributed by atoms with Crippen LogP contribution in [-0.4, -0.2) is 28.0 Å². The van der Waals surface area contributed by atoms with Crippen molar-refractivity contribution in [2.45, 2.75) is 31.6 Å². The molecule has 0 atom stereocenters. The highest BCUT2D eigenvalue weighted by Gasteiger charge is 2.49. The van der Waals surface area contributed by atoms with E-state index in [-0.39, 0.29) is 12.0 Å². The second kappa shape index (κ2) is 10.1. The SMILES string of the molecule is Cc1noc(-c2ccc(-c3ccc(C4(c5noc(=O)[nH]5)CC4)cc3)cc2)c1NC(=O)OCCc1ccccc1. The molecule has 0 bridgehead atoms. The first-order valence-electron chi connectivity index (χ1n) is 12.7. The fraction of sp³-hybridized carbons (Fsp3) is 0.200. The van der Waals surface area contributed by atoms with Gasteiger partial charge in [-0.3, -0.25) is 14.8 Å². The van der Waals surface area contributed by atoms with Crippen LogP contribution < -0.4 is 11.1 Å². The Labute approximate surface area is 223 Å². The predicted molar refractivity (Wildman–Crippen MR) is 144 cm³/mol. The lowest BCUT2D eigenvalue weighted by molar-refractivity contribution is 0.163. The molecule has 0 spiro atoms. The van der Waals surface area contributed by atoms with Gasteiger partial charge in [-0.2, -0.15) is 0 Å². The summed E-state index contributed by atoms with van der Waals surface area (Å²) in [6.07, 6.45) is 1.90. The lowest BCUT2D eigenvalue weighted by atomic mass is 9.93. The summed E-state index contributed by atoms with van der Waals surface area (Å²) in [4.78, 5) is 26.5. The maximum atomic E-state index is 12.4. The Balaban J connectivity index is 1.13. The molecule has 196 valence electrons. The minimum atomic E-state index is -0.557. The molecule has 0 unspecified atom stereocenters. The summed E-state index contributed by atoms with van der Waals surface area (Å²) in [5, 5.41) is 10.7. The number of carbonyl (C=O) groups excluding carboxylic acids is 1. The molecule has 3 aromatic carbocycles. The van der Waals surface area contributed by atoms with Gasteiger partial charge in [0.15, 0.2) is 11.6 Å². The number of hydrogen-bond donors (Lipinski definition) is 2. The Hall–Kier alpha value is -4.92. The Kier molecular flexibility index (Phi) is 6.32. The highest BCUT2D eigenvalue weighted by molar-refractivity contribution is 5.91. The summed E-state index contributed by atoms with van der Waals surface area (Å²) >= 11 is 0. The third-order valence-corrected chi connectivity index (χ3v) is 7.12. The molecule has 1 fully saturated rings. The Morgan fingerprint density at radius 2 is 1.59 bits per heavy atom. The van der Waals surface area contributed by atoms with E-state index in [1.807, 2.05) is 54.6 Å². The smallest absolute Gasteiger partial charge is 0.438 e. The van der Waals surface area contributed by atoms with E-state index in [2.05, 4.69) is 44.9 Å². The number of hydrogen-bond acceptors (Lipinski definition) is 7. The third kappa shape index (κ3) is 4.98. The number of carbonyl (C=O) groups is 1. The van der Waals surface area contributed by atoms with E-state index in [1.54, 1.807) is 6.92 Å². The monoisotopic (exact) mass is 522 g/mol. The molecule has 0 saturated heterocycles. The summed E-state index contributed by atoms with van der Waals surface area (Å²) in [5.41, 5.74) is 5.81. The van der Waals surface area contributed by atoms with Gasteiger partial charge in [0.2, 0.25) is 0 Å². The third-order valence-electron chi connectivity index (χ3n) is 7.12. The molecule has 1 aliphatic carbocycles. The van der Waals surface area contributed by atoms with Crippen molar-refractivity contribution < 1.29 is 18.6 Å². The topological polar surface area (TPSA) is 123 Å². The molecule has 2 aromatic heterocycles. The number of aryl methyl sites for hydroxylation is 1. The van der Waals surface area contributed by atoms with Gasteiger partial charge in [-0.1, -0.05) is 89.2 Å². The van der Waals surface area contributed by atoms with E-state index < -0.39 is 11.8 Å². The highest BCUT2D eigenvalue weighted by atomic mass is 16.5. The first kappa shape index (κ1) is 24.4. The van der Waals surface area contributed by atoms with Crippen LogP contribution in [0.3, 0.4) is 0 Å². The van der Waals surface area contributed by atoms with Gasteiger partial charge in [0, 0.05) is 12.0 Å². The van der Waals surface area contributed by atoms with Gasteiger partial charge in [-0.25, -0.2) is 9.59 Å². The molecule has 9 nitrogen and oxygen atoms in total. The second-order valence-corrected chi connectivity index (χ2v) is 9.65. The molecule has 9 heteroatoms. The lowest BCUT2D eigenvalue weighted by Crippen LogP contribution is -2.16. The molecule has 0 radical (unpaired) electrons. The largest absolute Gasteiger partial charge is 0.449 e. The van der Waals surface area contributed by atoms with Crippen LogP contribution in [0.4, 0.5) is 10.5 Å². The van der Waals surface area contributed by atoms with Crippen LogP contribution in [-0.2, 0) is 16.6 Å². The zero-order valence-electron chi connectivity index (χ0n) is 21.3. The van der Waals surface area contributed by atoms with Gasteiger partial charge in [-0.15, -0.1) is 0 Å². The quantitative estimate of drug-likeness (QED) is 0.261. The van der Waals surface area contributed by atoms with Crippen molar-refractivity contribution in [1.29, 1.82) is 0 Å². The van der Waals surface area contributed by atoms with Gasteiger partial charge >= 0.3 is 11.8 Å². The molecule has 6 rings (SSSR count). The summed E-state index contributed by atoms with van der Waals surface area (Å²) in [7, 11) is 0. The number of anilines is 1. The van der Waals surface area contributed by atoms with Gasteiger partial charge in [0.25, 0.3) is 0 Å². The molecule has 1 saturated carbocycles. The van der Waals surface area contributed by atoms with E-state index in [0.29, 0.717) is 29.4 Å².